The lowest BCUT2D eigenvalue weighted by molar-refractivity contribution is -0.152. The lowest BCUT2D eigenvalue weighted by atomic mass is 10.0. The fraction of sp³-hybridized carbons (Fsp3) is 0.722. The van der Waals surface area contributed by atoms with Crippen LogP contribution in [0.4, 0.5) is 0 Å². The van der Waals surface area contributed by atoms with Gasteiger partial charge in [-0.15, -0.1) is 0 Å². The van der Waals surface area contributed by atoms with Crippen LogP contribution in [0.5, 0.6) is 0 Å². The summed E-state index contributed by atoms with van der Waals surface area (Å²) in [5, 5.41) is 19.9. The first-order valence-electron chi connectivity index (χ1n) is 16.7. The number of hydrogen-bond donors (Lipinski definition) is 2. The standard InChI is InChI=1S/C36H62O6/c1-4-5-6-7-16-21-26-33(37)27-22-17-12-8-9-13-18-23-28-35(39)41-30-34(38)31-42-36(40)29-24-19-14-10-11-15-20-25-32(2)3/h9,12-13,16-17,21-22,27,32-34,37-38H,4-8,10-11,14-15,18-20,23-26,28-31H2,1-3H3/b13-9-,17-12-,21-16-,27-22+/t33-,34-/m1/s1. The molecule has 2 atom stereocenters. The van der Waals surface area contributed by atoms with Crippen molar-refractivity contribution in [1.82, 2.24) is 0 Å². The molecule has 0 bridgehead atoms. The molecular formula is C36H62O6. The number of carbonyl (C=O) groups is 2. The van der Waals surface area contributed by atoms with Crippen molar-refractivity contribution in [3.63, 3.8) is 0 Å². The van der Waals surface area contributed by atoms with Crippen LogP contribution in [0.1, 0.15) is 136 Å². The molecule has 0 aliphatic rings. The van der Waals surface area contributed by atoms with Gasteiger partial charge in [0.15, 0.2) is 0 Å². The molecule has 0 heterocycles. The maximum Gasteiger partial charge on any atom is 0.305 e. The lowest BCUT2D eigenvalue weighted by Crippen LogP contribution is -2.25. The lowest BCUT2D eigenvalue weighted by Gasteiger charge is -2.12. The average Bonchev–Trinajstić information content (AvgIpc) is 2.96. The van der Waals surface area contributed by atoms with Gasteiger partial charge in [0, 0.05) is 12.8 Å². The van der Waals surface area contributed by atoms with E-state index < -0.39 is 12.2 Å². The molecule has 2 N–H and O–H groups in total. The van der Waals surface area contributed by atoms with Gasteiger partial charge < -0.3 is 19.7 Å². The molecule has 0 radical (unpaired) electrons. The van der Waals surface area contributed by atoms with Gasteiger partial charge in [-0.1, -0.05) is 127 Å². The highest BCUT2D eigenvalue weighted by Crippen LogP contribution is 2.13. The van der Waals surface area contributed by atoms with Crippen molar-refractivity contribution in [2.24, 2.45) is 5.92 Å². The number of allylic oxidation sites excluding steroid dienone is 6. The van der Waals surface area contributed by atoms with Crippen LogP contribution in [0.15, 0.2) is 48.6 Å². The second-order valence-electron chi connectivity index (χ2n) is 11.6. The van der Waals surface area contributed by atoms with Gasteiger partial charge in [-0.2, -0.15) is 0 Å². The number of rotatable bonds is 28. The van der Waals surface area contributed by atoms with E-state index in [0.29, 0.717) is 19.3 Å². The van der Waals surface area contributed by atoms with Crippen LogP contribution in [-0.4, -0.2) is 47.6 Å². The van der Waals surface area contributed by atoms with Crippen LogP contribution >= 0.6 is 0 Å². The number of aliphatic hydroxyl groups excluding tert-OH is 2. The van der Waals surface area contributed by atoms with E-state index in [1.807, 2.05) is 36.5 Å². The van der Waals surface area contributed by atoms with E-state index in [1.54, 1.807) is 6.08 Å². The molecule has 0 unspecified atom stereocenters. The number of hydrogen-bond acceptors (Lipinski definition) is 6. The molecule has 0 saturated heterocycles. The Hall–Kier alpha value is -2.18. The zero-order chi connectivity index (χ0) is 31.1. The van der Waals surface area contributed by atoms with Crippen LogP contribution in [0, 0.1) is 5.92 Å². The first kappa shape index (κ1) is 39.8. The van der Waals surface area contributed by atoms with Crippen LogP contribution in [0.3, 0.4) is 0 Å². The average molecular weight is 591 g/mol. The summed E-state index contributed by atoms with van der Waals surface area (Å²) in [6, 6.07) is 0. The van der Waals surface area contributed by atoms with E-state index in [9.17, 15) is 19.8 Å². The number of aliphatic hydroxyl groups is 2. The number of unbranched alkanes of at least 4 members (excludes halogenated alkanes) is 10. The molecule has 6 heteroatoms. The van der Waals surface area contributed by atoms with Crippen molar-refractivity contribution in [1.29, 1.82) is 0 Å². The summed E-state index contributed by atoms with van der Waals surface area (Å²) in [6.07, 6.45) is 32.0. The summed E-state index contributed by atoms with van der Waals surface area (Å²) in [5.74, 6) is 0.109. The first-order chi connectivity index (χ1) is 20.3. The fourth-order valence-electron chi connectivity index (χ4n) is 4.23. The summed E-state index contributed by atoms with van der Waals surface area (Å²) in [4.78, 5) is 23.7. The van der Waals surface area contributed by atoms with E-state index in [-0.39, 0.29) is 31.6 Å². The molecular weight excluding hydrogens is 528 g/mol. The Morgan fingerprint density at radius 2 is 1.26 bits per heavy atom. The topological polar surface area (TPSA) is 93.1 Å². The van der Waals surface area contributed by atoms with E-state index in [2.05, 4.69) is 26.8 Å². The Kier molecular flexibility index (Phi) is 28.7. The molecule has 6 nitrogen and oxygen atoms in total. The molecule has 0 fully saturated rings. The first-order valence-corrected chi connectivity index (χ1v) is 16.7. The molecule has 0 saturated carbocycles. The molecule has 0 aliphatic carbocycles. The van der Waals surface area contributed by atoms with Gasteiger partial charge in [-0.3, -0.25) is 9.59 Å². The molecule has 42 heavy (non-hydrogen) atoms. The third-order valence-corrected chi connectivity index (χ3v) is 6.83. The zero-order valence-corrected chi connectivity index (χ0v) is 27.0. The highest BCUT2D eigenvalue weighted by molar-refractivity contribution is 5.69. The van der Waals surface area contributed by atoms with E-state index in [0.717, 1.165) is 44.4 Å². The summed E-state index contributed by atoms with van der Waals surface area (Å²) in [5.41, 5.74) is 0. The minimum absolute atomic E-state index is 0.150. The molecule has 0 amide bonds. The maximum atomic E-state index is 11.9. The van der Waals surface area contributed by atoms with Crippen LogP contribution in [0.2, 0.25) is 0 Å². The number of ether oxygens (including phenoxy) is 2. The normalized spacial score (nSPS) is 13.7. The van der Waals surface area contributed by atoms with Gasteiger partial charge in [-0.25, -0.2) is 0 Å². The summed E-state index contributed by atoms with van der Waals surface area (Å²) in [6.45, 7) is 6.40. The minimum Gasteiger partial charge on any atom is -0.463 e. The predicted molar refractivity (Wildman–Crippen MR) is 174 cm³/mol. The van der Waals surface area contributed by atoms with Crippen molar-refractivity contribution in [3.05, 3.63) is 48.6 Å². The van der Waals surface area contributed by atoms with Gasteiger partial charge in [-0.05, 0) is 50.9 Å². The summed E-state index contributed by atoms with van der Waals surface area (Å²) < 4.78 is 10.2. The van der Waals surface area contributed by atoms with Crippen molar-refractivity contribution in [2.45, 2.75) is 149 Å². The Bertz CT molecular complexity index is 752. The second-order valence-corrected chi connectivity index (χ2v) is 11.6. The highest BCUT2D eigenvalue weighted by Gasteiger charge is 2.12. The molecule has 0 spiro atoms. The predicted octanol–water partition coefficient (Wildman–Crippen LogP) is 8.72. The minimum atomic E-state index is -1.00. The molecule has 0 rings (SSSR count). The van der Waals surface area contributed by atoms with Crippen LogP contribution in [0.25, 0.3) is 0 Å². The molecule has 0 aromatic carbocycles. The number of esters is 2. The Labute approximate surface area is 257 Å². The number of carbonyl (C=O) groups excluding carboxylic acids is 2. The second kappa shape index (κ2) is 30.3. The van der Waals surface area contributed by atoms with E-state index in [4.69, 9.17) is 9.47 Å². The monoisotopic (exact) mass is 590 g/mol. The summed E-state index contributed by atoms with van der Waals surface area (Å²) in [7, 11) is 0. The third kappa shape index (κ3) is 30.8. The zero-order valence-electron chi connectivity index (χ0n) is 27.0. The van der Waals surface area contributed by atoms with Gasteiger partial charge >= 0.3 is 11.9 Å². The van der Waals surface area contributed by atoms with Crippen molar-refractivity contribution in [2.75, 3.05) is 13.2 Å². The molecule has 242 valence electrons. The van der Waals surface area contributed by atoms with Crippen LogP contribution in [-0.2, 0) is 19.1 Å². The smallest absolute Gasteiger partial charge is 0.305 e. The Morgan fingerprint density at radius 1 is 0.667 bits per heavy atom. The van der Waals surface area contributed by atoms with E-state index >= 15 is 0 Å². The van der Waals surface area contributed by atoms with Gasteiger partial charge in [0.25, 0.3) is 0 Å². The Balaban J connectivity index is 3.68. The van der Waals surface area contributed by atoms with Crippen LogP contribution < -0.4 is 0 Å². The van der Waals surface area contributed by atoms with Gasteiger partial charge in [0.2, 0.25) is 0 Å². The summed E-state index contributed by atoms with van der Waals surface area (Å²) >= 11 is 0. The van der Waals surface area contributed by atoms with E-state index in [1.165, 1.54) is 51.4 Å². The van der Waals surface area contributed by atoms with Gasteiger partial charge in [0.05, 0.1) is 6.10 Å². The molecule has 0 aliphatic heterocycles. The molecule has 0 aromatic rings. The Morgan fingerprint density at radius 3 is 1.93 bits per heavy atom. The third-order valence-electron chi connectivity index (χ3n) is 6.83. The fourth-order valence-corrected chi connectivity index (χ4v) is 4.23. The quantitative estimate of drug-likeness (QED) is 0.0410. The van der Waals surface area contributed by atoms with Crippen molar-refractivity contribution in [3.8, 4) is 0 Å². The van der Waals surface area contributed by atoms with Gasteiger partial charge in [0.1, 0.15) is 19.3 Å². The van der Waals surface area contributed by atoms with Crippen molar-refractivity contribution >= 4 is 11.9 Å². The van der Waals surface area contributed by atoms with Crippen molar-refractivity contribution < 1.29 is 29.3 Å². The maximum absolute atomic E-state index is 11.9. The SMILES string of the molecule is CCCCC/C=C\C[C@@H](O)/C=C/C=C\C/C=C\CCCC(=O)OC[C@@H](O)COC(=O)CCCCCCCCCC(C)C. The molecule has 0 aromatic heterocycles. The largest absolute Gasteiger partial charge is 0.463 e. The highest BCUT2D eigenvalue weighted by atomic mass is 16.6.